The second kappa shape index (κ2) is 14.0. The number of hydrogen-bond acceptors (Lipinski definition) is 2. The Hall–Kier alpha value is -0.0800. The van der Waals surface area contributed by atoms with Crippen molar-refractivity contribution in [1.29, 1.82) is 0 Å². The van der Waals surface area contributed by atoms with Gasteiger partial charge in [0.15, 0.2) is 0 Å². The predicted octanol–water partition coefficient (Wildman–Crippen LogP) is 3.67. The number of hydrogen-bond donors (Lipinski definition) is 1. The summed E-state index contributed by atoms with van der Waals surface area (Å²) in [5.74, 6) is 0. The molecule has 0 unspecified atom stereocenters. The lowest BCUT2D eigenvalue weighted by atomic mass is 10.1. The number of nitrogens with zero attached hydrogens (tertiary/aromatic N) is 1. The summed E-state index contributed by atoms with van der Waals surface area (Å²) in [4.78, 5) is 2.47. The predicted molar refractivity (Wildman–Crippen MR) is 78.7 cm³/mol. The molecule has 0 heterocycles. The fourth-order valence-electron chi connectivity index (χ4n) is 2.15. The summed E-state index contributed by atoms with van der Waals surface area (Å²) >= 11 is 0. The van der Waals surface area contributed by atoms with Crippen LogP contribution in [0.25, 0.3) is 0 Å². The molecule has 104 valence electrons. The Balaban J connectivity index is 3.05. The Morgan fingerprint density at radius 1 is 0.765 bits per heavy atom. The molecule has 0 bridgehead atoms. The molecular formula is C15H34N2. The van der Waals surface area contributed by atoms with Crippen LogP contribution in [0.1, 0.15) is 64.7 Å². The first-order valence-corrected chi connectivity index (χ1v) is 7.64. The zero-order valence-corrected chi connectivity index (χ0v) is 12.4. The van der Waals surface area contributed by atoms with Gasteiger partial charge < -0.3 is 10.2 Å². The van der Waals surface area contributed by atoms with Gasteiger partial charge >= 0.3 is 0 Å². The molecule has 17 heavy (non-hydrogen) atoms. The van der Waals surface area contributed by atoms with Crippen LogP contribution in [0.5, 0.6) is 0 Å². The zero-order chi connectivity index (χ0) is 12.8. The van der Waals surface area contributed by atoms with E-state index in [1.54, 1.807) is 0 Å². The van der Waals surface area contributed by atoms with E-state index in [-0.39, 0.29) is 0 Å². The molecule has 2 nitrogen and oxygen atoms in total. The maximum atomic E-state index is 3.20. The number of rotatable bonds is 13. The molecule has 0 amide bonds. The lowest BCUT2D eigenvalue weighted by Gasteiger charge is -2.16. The van der Waals surface area contributed by atoms with Gasteiger partial charge in [-0.2, -0.15) is 0 Å². The van der Waals surface area contributed by atoms with Crippen molar-refractivity contribution in [2.75, 3.05) is 33.7 Å². The van der Waals surface area contributed by atoms with Gasteiger partial charge in [-0.15, -0.1) is 0 Å². The summed E-state index contributed by atoms with van der Waals surface area (Å²) in [7, 11) is 4.27. The minimum atomic E-state index is 1.14. The third-order valence-electron chi connectivity index (χ3n) is 3.36. The SMILES string of the molecule is CCCCCCCCCCN(C)CCCNC. The lowest BCUT2D eigenvalue weighted by Crippen LogP contribution is -2.23. The van der Waals surface area contributed by atoms with Crippen LogP contribution in [0.4, 0.5) is 0 Å². The molecule has 0 radical (unpaired) electrons. The van der Waals surface area contributed by atoms with Crippen LogP contribution >= 0.6 is 0 Å². The molecule has 1 N–H and O–H groups in total. The monoisotopic (exact) mass is 242 g/mol. The fraction of sp³-hybridized carbons (Fsp3) is 1.00. The molecule has 0 aromatic rings. The van der Waals surface area contributed by atoms with Crippen LogP contribution in [0.3, 0.4) is 0 Å². The van der Waals surface area contributed by atoms with E-state index >= 15 is 0 Å². The third-order valence-corrected chi connectivity index (χ3v) is 3.36. The number of nitrogens with one attached hydrogen (secondary N) is 1. The molecular weight excluding hydrogens is 208 g/mol. The standard InChI is InChI=1S/C15H34N2/c1-4-5-6-7-8-9-10-11-14-17(3)15-12-13-16-2/h16H,4-15H2,1-3H3. The van der Waals surface area contributed by atoms with Crippen LogP contribution in [0.2, 0.25) is 0 Å². The first-order chi connectivity index (χ1) is 8.31. The van der Waals surface area contributed by atoms with Crippen molar-refractivity contribution < 1.29 is 0 Å². The van der Waals surface area contributed by atoms with E-state index < -0.39 is 0 Å². The average Bonchev–Trinajstić information content (AvgIpc) is 2.33. The Morgan fingerprint density at radius 2 is 1.29 bits per heavy atom. The molecule has 0 aromatic heterocycles. The first kappa shape index (κ1) is 16.9. The van der Waals surface area contributed by atoms with Gasteiger partial charge in [0.2, 0.25) is 0 Å². The van der Waals surface area contributed by atoms with E-state index in [2.05, 4.69) is 24.2 Å². The maximum Gasteiger partial charge on any atom is -0.000969 e. The molecule has 0 aromatic carbocycles. The number of unbranched alkanes of at least 4 members (excludes halogenated alkanes) is 7. The summed E-state index contributed by atoms with van der Waals surface area (Å²) in [5.41, 5.74) is 0. The van der Waals surface area contributed by atoms with E-state index in [9.17, 15) is 0 Å². The molecule has 0 aliphatic carbocycles. The largest absolute Gasteiger partial charge is 0.320 e. The van der Waals surface area contributed by atoms with Gasteiger partial charge in [0, 0.05) is 0 Å². The molecule has 0 saturated heterocycles. The van der Waals surface area contributed by atoms with E-state index in [0.717, 1.165) is 6.54 Å². The van der Waals surface area contributed by atoms with Crippen molar-refractivity contribution in [2.45, 2.75) is 64.7 Å². The fourth-order valence-corrected chi connectivity index (χ4v) is 2.15. The highest BCUT2D eigenvalue weighted by atomic mass is 15.1. The summed E-state index contributed by atoms with van der Waals surface area (Å²) < 4.78 is 0. The second-order valence-electron chi connectivity index (χ2n) is 5.24. The van der Waals surface area contributed by atoms with Crippen molar-refractivity contribution >= 4 is 0 Å². The Kier molecular flexibility index (Phi) is 13.9. The van der Waals surface area contributed by atoms with Gasteiger partial charge in [-0.25, -0.2) is 0 Å². The highest BCUT2D eigenvalue weighted by Crippen LogP contribution is 2.08. The normalized spacial score (nSPS) is 11.3. The Bertz CT molecular complexity index is 137. The molecule has 0 atom stereocenters. The van der Waals surface area contributed by atoms with Gasteiger partial charge in [0.25, 0.3) is 0 Å². The molecule has 2 heteroatoms. The molecule has 0 rings (SSSR count). The smallest absolute Gasteiger partial charge is 0.000969 e. The van der Waals surface area contributed by atoms with Crippen LogP contribution in [0.15, 0.2) is 0 Å². The Morgan fingerprint density at radius 3 is 1.88 bits per heavy atom. The van der Waals surface area contributed by atoms with E-state index in [0.29, 0.717) is 0 Å². The minimum absolute atomic E-state index is 1.14. The summed E-state index contributed by atoms with van der Waals surface area (Å²) in [6.45, 7) is 5.93. The topological polar surface area (TPSA) is 15.3 Å². The average molecular weight is 242 g/mol. The highest BCUT2D eigenvalue weighted by Gasteiger charge is 1.97. The summed E-state index contributed by atoms with van der Waals surface area (Å²) in [6, 6.07) is 0. The van der Waals surface area contributed by atoms with Crippen LogP contribution in [0, 0.1) is 0 Å². The van der Waals surface area contributed by atoms with Crippen molar-refractivity contribution in [3.63, 3.8) is 0 Å². The van der Waals surface area contributed by atoms with Crippen molar-refractivity contribution in [3.8, 4) is 0 Å². The van der Waals surface area contributed by atoms with Gasteiger partial charge in [0.05, 0.1) is 0 Å². The molecule has 0 aliphatic heterocycles. The van der Waals surface area contributed by atoms with Gasteiger partial charge in [0.1, 0.15) is 0 Å². The molecule has 0 aliphatic rings. The van der Waals surface area contributed by atoms with Crippen LogP contribution < -0.4 is 5.32 Å². The van der Waals surface area contributed by atoms with Crippen LogP contribution in [-0.2, 0) is 0 Å². The second-order valence-corrected chi connectivity index (χ2v) is 5.24. The van der Waals surface area contributed by atoms with Gasteiger partial charge in [-0.1, -0.05) is 51.9 Å². The summed E-state index contributed by atoms with van der Waals surface area (Å²) in [5, 5.41) is 3.20. The zero-order valence-electron chi connectivity index (χ0n) is 12.4. The van der Waals surface area contributed by atoms with Crippen molar-refractivity contribution in [2.24, 2.45) is 0 Å². The minimum Gasteiger partial charge on any atom is -0.320 e. The Labute approximate surface area is 109 Å². The van der Waals surface area contributed by atoms with Crippen LogP contribution in [-0.4, -0.2) is 38.6 Å². The van der Waals surface area contributed by atoms with Crippen molar-refractivity contribution in [1.82, 2.24) is 10.2 Å². The quantitative estimate of drug-likeness (QED) is 0.496. The van der Waals surface area contributed by atoms with Gasteiger partial charge in [-0.3, -0.25) is 0 Å². The highest BCUT2D eigenvalue weighted by molar-refractivity contribution is 4.54. The third kappa shape index (κ3) is 13.9. The van der Waals surface area contributed by atoms with E-state index in [1.165, 1.54) is 70.9 Å². The maximum absolute atomic E-state index is 3.20. The molecule has 0 saturated carbocycles. The lowest BCUT2D eigenvalue weighted by molar-refractivity contribution is 0.318. The molecule has 0 spiro atoms. The van der Waals surface area contributed by atoms with Crippen molar-refractivity contribution in [3.05, 3.63) is 0 Å². The molecule has 0 fully saturated rings. The summed E-state index contributed by atoms with van der Waals surface area (Å²) in [6.07, 6.45) is 12.6. The first-order valence-electron chi connectivity index (χ1n) is 7.64. The van der Waals surface area contributed by atoms with Gasteiger partial charge in [-0.05, 0) is 46.6 Å². The van der Waals surface area contributed by atoms with E-state index in [4.69, 9.17) is 0 Å². The van der Waals surface area contributed by atoms with E-state index in [1.807, 2.05) is 7.05 Å².